The van der Waals surface area contributed by atoms with Crippen molar-refractivity contribution in [3.63, 3.8) is 0 Å². The van der Waals surface area contributed by atoms with Gasteiger partial charge in [0, 0.05) is 5.02 Å². The molecule has 0 aromatic heterocycles. The summed E-state index contributed by atoms with van der Waals surface area (Å²) >= 11 is 5.99. The lowest BCUT2D eigenvalue weighted by Gasteiger charge is -2.19. The summed E-state index contributed by atoms with van der Waals surface area (Å²) in [6, 6.07) is 15.6. The summed E-state index contributed by atoms with van der Waals surface area (Å²) < 4.78 is 5.57. The molecule has 1 saturated carbocycles. The van der Waals surface area contributed by atoms with Crippen LogP contribution in [0.1, 0.15) is 30.0 Å². The van der Waals surface area contributed by atoms with Gasteiger partial charge in [-0.2, -0.15) is 0 Å². The van der Waals surface area contributed by atoms with Crippen LogP contribution in [0.3, 0.4) is 0 Å². The number of carbonyl (C=O) groups is 1. The molecule has 1 unspecified atom stereocenters. The quantitative estimate of drug-likeness (QED) is 0.858. The van der Waals surface area contributed by atoms with Gasteiger partial charge in [0.1, 0.15) is 5.75 Å². The van der Waals surface area contributed by atoms with Gasteiger partial charge in [0.05, 0.1) is 6.04 Å². The van der Waals surface area contributed by atoms with E-state index in [9.17, 15) is 4.79 Å². The molecule has 0 saturated heterocycles. The maximum absolute atomic E-state index is 12.2. The Morgan fingerprint density at radius 1 is 1.26 bits per heavy atom. The fraction of sp³-hybridized carbons (Fsp3) is 0.316. The number of nitrogens with one attached hydrogen (secondary N) is 1. The van der Waals surface area contributed by atoms with Crippen LogP contribution in [0.15, 0.2) is 48.5 Å². The van der Waals surface area contributed by atoms with Gasteiger partial charge in [-0.1, -0.05) is 41.9 Å². The number of ether oxygens (including phenoxy) is 1. The van der Waals surface area contributed by atoms with Crippen LogP contribution < -0.4 is 10.1 Å². The van der Waals surface area contributed by atoms with Crippen molar-refractivity contribution in [2.45, 2.75) is 25.8 Å². The van der Waals surface area contributed by atoms with Gasteiger partial charge in [0.25, 0.3) is 5.91 Å². The van der Waals surface area contributed by atoms with Gasteiger partial charge in [-0.15, -0.1) is 0 Å². The van der Waals surface area contributed by atoms with E-state index in [0.717, 1.165) is 24.0 Å². The summed E-state index contributed by atoms with van der Waals surface area (Å²) in [6.45, 7) is 1.92. The fourth-order valence-corrected chi connectivity index (χ4v) is 2.75. The van der Waals surface area contributed by atoms with Crippen LogP contribution >= 0.6 is 11.6 Å². The van der Waals surface area contributed by atoms with Crippen LogP contribution in [0, 0.1) is 12.8 Å². The molecule has 0 spiro atoms. The van der Waals surface area contributed by atoms with Crippen LogP contribution in [0.5, 0.6) is 5.75 Å². The number of aryl methyl sites for hydroxylation is 1. The van der Waals surface area contributed by atoms with Crippen LogP contribution in [0.25, 0.3) is 0 Å². The Morgan fingerprint density at radius 2 is 2.00 bits per heavy atom. The fourth-order valence-electron chi connectivity index (χ4n) is 2.63. The molecule has 3 rings (SSSR count). The second-order valence-electron chi connectivity index (χ2n) is 5.99. The van der Waals surface area contributed by atoms with E-state index in [0.29, 0.717) is 16.7 Å². The Hall–Kier alpha value is -2.00. The number of hydrogen-bond acceptors (Lipinski definition) is 2. The lowest BCUT2D eigenvalue weighted by molar-refractivity contribution is -0.124. The molecule has 1 amide bonds. The predicted molar refractivity (Wildman–Crippen MR) is 91.7 cm³/mol. The van der Waals surface area contributed by atoms with E-state index < -0.39 is 0 Å². The number of halogens is 1. The summed E-state index contributed by atoms with van der Waals surface area (Å²) in [5, 5.41) is 3.80. The van der Waals surface area contributed by atoms with Crippen LogP contribution in [0.2, 0.25) is 5.02 Å². The lowest BCUT2D eigenvalue weighted by Crippen LogP contribution is -2.33. The third-order valence-electron chi connectivity index (χ3n) is 4.07. The molecule has 1 fully saturated rings. The van der Waals surface area contributed by atoms with Gasteiger partial charge in [0.15, 0.2) is 6.61 Å². The standard InChI is InChI=1S/C19H20ClNO2/c1-13-11-16(9-10-17(13)20)23-12-18(22)21-19(15-7-8-15)14-5-3-2-4-6-14/h2-6,9-11,15,19H,7-8,12H2,1H3,(H,21,22). The molecule has 1 aliphatic rings. The number of hydrogen-bond donors (Lipinski definition) is 1. The highest BCUT2D eigenvalue weighted by Gasteiger charge is 2.33. The summed E-state index contributed by atoms with van der Waals surface area (Å²) in [4.78, 5) is 12.2. The Bertz CT molecular complexity index is 683. The first-order valence-corrected chi connectivity index (χ1v) is 8.24. The topological polar surface area (TPSA) is 38.3 Å². The maximum atomic E-state index is 12.2. The minimum absolute atomic E-state index is 0.0110. The highest BCUT2D eigenvalue weighted by molar-refractivity contribution is 6.31. The molecular weight excluding hydrogens is 310 g/mol. The monoisotopic (exact) mass is 329 g/mol. The summed E-state index contributed by atoms with van der Waals surface area (Å²) in [5.41, 5.74) is 2.09. The van der Waals surface area contributed by atoms with Crippen molar-refractivity contribution in [3.05, 3.63) is 64.7 Å². The van der Waals surface area contributed by atoms with Crippen molar-refractivity contribution < 1.29 is 9.53 Å². The van der Waals surface area contributed by atoms with E-state index in [1.807, 2.05) is 31.2 Å². The normalized spacial score (nSPS) is 15.0. The first kappa shape index (κ1) is 15.9. The minimum Gasteiger partial charge on any atom is -0.484 e. The van der Waals surface area contributed by atoms with Gasteiger partial charge in [-0.05, 0) is 55.0 Å². The Labute approximate surface area is 141 Å². The Balaban J connectivity index is 1.58. The first-order valence-electron chi connectivity index (χ1n) is 7.87. The average Bonchev–Trinajstić information content (AvgIpc) is 3.39. The SMILES string of the molecule is Cc1cc(OCC(=O)NC(c2ccccc2)C2CC2)ccc1Cl. The van der Waals surface area contributed by atoms with Crippen molar-refractivity contribution >= 4 is 17.5 Å². The van der Waals surface area contributed by atoms with Gasteiger partial charge in [-0.3, -0.25) is 4.79 Å². The van der Waals surface area contributed by atoms with Gasteiger partial charge >= 0.3 is 0 Å². The predicted octanol–water partition coefficient (Wildman–Crippen LogP) is 4.29. The molecule has 2 aromatic carbocycles. The molecule has 0 radical (unpaired) electrons. The molecule has 0 heterocycles. The van der Waals surface area contributed by atoms with Crippen molar-refractivity contribution in [2.24, 2.45) is 5.92 Å². The van der Waals surface area contributed by atoms with Gasteiger partial charge in [0.2, 0.25) is 0 Å². The zero-order chi connectivity index (χ0) is 16.2. The molecule has 1 atom stereocenters. The molecule has 3 nitrogen and oxygen atoms in total. The molecule has 1 aliphatic carbocycles. The third kappa shape index (κ3) is 4.26. The van der Waals surface area contributed by atoms with E-state index in [-0.39, 0.29) is 18.6 Å². The van der Waals surface area contributed by atoms with E-state index in [2.05, 4.69) is 17.4 Å². The van der Waals surface area contributed by atoms with Crippen LogP contribution in [-0.4, -0.2) is 12.5 Å². The zero-order valence-electron chi connectivity index (χ0n) is 13.1. The van der Waals surface area contributed by atoms with E-state index >= 15 is 0 Å². The average molecular weight is 330 g/mol. The maximum Gasteiger partial charge on any atom is 0.258 e. The first-order chi connectivity index (χ1) is 11.1. The molecule has 1 N–H and O–H groups in total. The van der Waals surface area contributed by atoms with E-state index in [4.69, 9.17) is 16.3 Å². The number of benzene rings is 2. The number of carbonyl (C=O) groups excluding carboxylic acids is 1. The molecule has 4 heteroatoms. The van der Waals surface area contributed by atoms with Crippen molar-refractivity contribution in [2.75, 3.05) is 6.61 Å². The third-order valence-corrected chi connectivity index (χ3v) is 4.49. The molecule has 0 bridgehead atoms. The summed E-state index contributed by atoms with van der Waals surface area (Å²) in [6.07, 6.45) is 2.33. The molecule has 120 valence electrons. The van der Waals surface area contributed by atoms with Gasteiger partial charge < -0.3 is 10.1 Å². The second kappa shape index (κ2) is 7.05. The molecule has 23 heavy (non-hydrogen) atoms. The van der Waals surface area contributed by atoms with E-state index in [1.54, 1.807) is 12.1 Å². The van der Waals surface area contributed by atoms with Crippen LogP contribution in [0.4, 0.5) is 0 Å². The minimum atomic E-state index is -0.0987. The molecular formula is C19H20ClNO2. The summed E-state index contributed by atoms with van der Waals surface area (Å²) in [7, 11) is 0. The second-order valence-corrected chi connectivity index (χ2v) is 6.40. The Morgan fingerprint density at radius 3 is 2.65 bits per heavy atom. The highest BCUT2D eigenvalue weighted by Crippen LogP contribution is 2.40. The highest BCUT2D eigenvalue weighted by atomic mass is 35.5. The van der Waals surface area contributed by atoms with Crippen molar-refractivity contribution in [3.8, 4) is 5.75 Å². The van der Waals surface area contributed by atoms with E-state index in [1.165, 1.54) is 0 Å². The van der Waals surface area contributed by atoms with Crippen molar-refractivity contribution in [1.82, 2.24) is 5.32 Å². The van der Waals surface area contributed by atoms with Gasteiger partial charge in [-0.25, -0.2) is 0 Å². The number of amides is 1. The number of rotatable bonds is 6. The largest absolute Gasteiger partial charge is 0.484 e. The molecule has 0 aliphatic heterocycles. The zero-order valence-corrected chi connectivity index (χ0v) is 13.8. The van der Waals surface area contributed by atoms with Crippen LogP contribution in [-0.2, 0) is 4.79 Å². The lowest BCUT2D eigenvalue weighted by atomic mass is 10.0. The summed E-state index contributed by atoms with van der Waals surface area (Å²) in [5.74, 6) is 1.10. The smallest absolute Gasteiger partial charge is 0.258 e. The van der Waals surface area contributed by atoms with Crippen molar-refractivity contribution in [1.29, 1.82) is 0 Å². The Kier molecular flexibility index (Phi) is 4.87. The molecule has 2 aromatic rings.